The first-order valence-electron chi connectivity index (χ1n) is 3.83. The molecule has 1 aliphatic carbocycles. The van der Waals surface area contributed by atoms with Gasteiger partial charge in [-0.1, -0.05) is 18.2 Å². The normalized spacial score (nSPS) is 28.1. The van der Waals surface area contributed by atoms with Crippen molar-refractivity contribution in [2.75, 3.05) is 0 Å². The predicted molar refractivity (Wildman–Crippen MR) is 43.5 cm³/mol. The summed E-state index contributed by atoms with van der Waals surface area (Å²) in [6.45, 7) is 0. The van der Waals surface area contributed by atoms with Gasteiger partial charge >= 0.3 is 0 Å². The summed E-state index contributed by atoms with van der Waals surface area (Å²) in [5.41, 5.74) is 5.59. The first-order chi connectivity index (χ1) is 5.36. The highest BCUT2D eigenvalue weighted by atomic mass is 16.5. The molecule has 1 saturated carbocycles. The van der Waals surface area contributed by atoms with E-state index in [1.54, 1.807) is 0 Å². The maximum Gasteiger partial charge on any atom is 0.119 e. The summed E-state index contributed by atoms with van der Waals surface area (Å²) >= 11 is 0. The van der Waals surface area contributed by atoms with Crippen molar-refractivity contribution in [2.45, 2.75) is 18.6 Å². The third-order valence-electron chi connectivity index (χ3n) is 1.81. The summed E-state index contributed by atoms with van der Waals surface area (Å²) in [6, 6.07) is 10.1. The Morgan fingerprint density at radius 3 is 2.45 bits per heavy atom. The lowest BCUT2D eigenvalue weighted by atomic mass is 10.3. The van der Waals surface area contributed by atoms with Crippen molar-refractivity contribution in [1.29, 1.82) is 0 Å². The number of para-hydroxylation sites is 1. The zero-order valence-electron chi connectivity index (χ0n) is 6.23. The molecule has 0 radical (unpaired) electrons. The van der Waals surface area contributed by atoms with E-state index in [1.807, 2.05) is 30.3 Å². The second kappa shape index (κ2) is 2.55. The summed E-state index contributed by atoms with van der Waals surface area (Å²) in [5.74, 6) is 0.922. The molecule has 2 rings (SSSR count). The topological polar surface area (TPSA) is 35.2 Å². The highest BCUT2D eigenvalue weighted by Crippen LogP contribution is 2.25. The third-order valence-corrected chi connectivity index (χ3v) is 1.81. The molecule has 0 heterocycles. The van der Waals surface area contributed by atoms with Crippen LogP contribution in [0.2, 0.25) is 0 Å². The quantitative estimate of drug-likeness (QED) is 0.685. The van der Waals surface area contributed by atoms with Crippen LogP contribution in [-0.2, 0) is 0 Å². The third kappa shape index (κ3) is 1.52. The van der Waals surface area contributed by atoms with Gasteiger partial charge in [0.2, 0.25) is 0 Å². The fourth-order valence-electron chi connectivity index (χ4n) is 0.999. The number of nitrogens with two attached hydrogens (primary N) is 1. The van der Waals surface area contributed by atoms with Crippen LogP contribution in [0.1, 0.15) is 6.42 Å². The molecule has 0 aliphatic heterocycles. The van der Waals surface area contributed by atoms with Crippen molar-refractivity contribution in [3.8, 4) is 5.75 Å². The van der Waals surface area contributed by atoms with Gasteiger partial charge in [0.05, 0.1) is 0 Å². The van der Waals surface area contributed by atoms with Crippen LogP contribution in [0.25, 0.3) is 0 Å². The molecule has 0 bridgehead atoms. The van der Waals surface area contributed by atoms with E-state index in [0.29, 0.717) is 0 Å². The molecule has 0 saturated heterocycles. The van der Waals surface area contributed by atoms with Crippen molar-refractivity contribution < 1.29 is 4.74 Å². The van der Waals surface area contributed by atoms with E-state index in [2.05, 4.69) is 0 Å². The average molecular weight is 149 g/mol. The Morgan fingerprint density at radius 1 is 1.27 bits per heavy atom. The molecule has 1 aromatic rings. The minimum absolute atomic E-state index is 0.259. The van der Waals surface area contributed by atoms with Gasteiger partial charge in [-0.2, -0.15) is 0 Å². The lowest BCUT2D eigenvalue weighted by Gasteiger charge is -2.02. The number of rotatable bonds is 2. The molecule has 1 fully saturated rings. The Labute approximate surface area is 66.0 Å². The zero-order chi connectivity index (χ0) is 7.68. The smallest absolute Gasteiger partial charge is 0.119 e. The van der Waals surface area contributed by atoms with Crippen molar-refractivity contribution in [1.82, 2.24) is 0 Å². The van der Waals surface area contributed by atoms with Gasteiger partial charge < -0.3 is 10.5 Å². The average Bonchev–Trinajstić information content (AvgIpc) is 2.69. The van der Waals surface area contributed by atoms with Gasteiger partial charge in [0.25, 0.3) is 0 Å². The zero-order valence-corrected chi connectivity index (χ0v) is 6.23. The number of benzene rings is 1. The van der Waals surface area contributed by atoms with E-state index >= 15 is 0 Å². The first-order valence-corrected chi connectivity index (χ1v) is 3.83. The van der Waals surface area contributed by atoms with Gasteiger partial charge in [-0.25, -0.2) is 0 Å². The van der Waals surface area contributed by atoms with Crippen molar-refractivity contribution in [2.24, 2.45) is 5.73 Å². The van der Waals surface area contributed by atoms with Crippen molar-refractivity contribution in [3.05, 3.63) is 30.3 Å². The molecule has 0 unspecified atom stereocenters. The Balaban J connectivity index is 1.97. The maximum atomic E-state index is 5.59. The van der Waals surface area contributed by atoms with Gasteiger partial charge in [0, 0.05) is 12.5 Å². The molecule has 0 spiro atoms. The van der Waals surface area contributed by atoms with Crippen LogP contribution in [-0.4, -0.2) is 12.1 Å². The molecular weight excluding hydrogens is 138 g/mol. The van der Waals surface area contributed by atoms with Crippen molar-refractivity contribution in [3.63, 3.8) is 0 Å². The van der Waals surface area contributed by atoms with Crippen LogP contribution >= 0.6 is 0 Å². The van der Waals surface area contributed by atoms with Gasteiger partial charge in [-0.05, 0) is 12.1 Å². The summed E-state index contributed by atoms with van der Waals surface area (Å²) in [6.07, 6.45) is 1.26. The molecule has 1 aliphatic rings. The molecule has 58 valence electrons. The van der Waals surface area contributed by atoms with Crippen LogP contribution in [0.4, 0.5) is 0 Å². The van der Waals surface area contributed by atoms with Crippen LogP contribution in [0.5, 0.6) is 5.75 Å². The Bertz CT molecular complexity index is 235. The van der Waals surface area contributed by atoms with Gasteiger partial charge in [-0.15, -0.1) is 0 Å². The Kier molecular flexibility index (Phi) is 1.55. The van der Waals surface area contributed by atoms with Gasteiger partial charge in [-0.3, -0.25) is 0 Å². The van der Waals surface area contributed by atoms with E-state index < -0.39 is 0 Å². The summed E-state index contributed by atoms with van der Waals surface area (Å²) in [4.78, 5) is 0. The highest BCUT2D eigenvalue weighted by Gasteiger charge is 2.35. The van der Waals surface area contributed by atoms with E-state index in [1.165, 1.54) is 0 Å². The predicted octanol–water partition coefficient (Wildman–Crippen LogP) is 1.16. The fourth-order valence-corrected chi connectivity index (χ4v) is 0.999. The number of ether oxygens (including phenoxy) is 1. The second-order valence-corrected chi connectivity index (χ2v) is 2.87. The fraction of sp³-hybridized carbons (Fsp3) is 0.333. The van der Waals surface area contributed by atoms with Gasteiger partial charge in [0.15, 0.2) is 0 Å². The molecule has 2 nitrogen and oxygen atoms in total. The number of hydrogen-bond donors (Lipinski definition) is 1. The molecule has 0 aromatic heterocycles. The molecule has 2 N–H and O–H groups in total. The van der Waals surface area contributed by atoms with Crippen LogP contribution in [0.15, 0.2) is 30.3 Å². The Hall–Kier alpha value is -1.02. The molecular formula is C9H11NO. The standard InChI is InChI=1S/C9H11NO/c10-8-6-9(8)11-7-4-2-1-3-5-7/h1-5,8-9H,6,10H2/t8-,9+/m1/s1. The molecule has 1 aromatic carbocycles. The van der Waals surface area contributed by atoms with Gasteiger partial charge in [0.1, 0.15) is 11.9 Å². The summed E-state index contributed by atoms with van der Waals surface area (Å²) in [5, 5.41) is 0. The Morgan fingerprint density at radius 2 is 1.91 bits per heavy atom. The van der Waals surface area contributed by atoms with E-state index in [-0.39, 0.29) is 12.1 Å². The van der Waals surface area contributed by atoms with Crippen LogP contribution in [0.3, 0.4) is 0 Å². The second-order valence-electron chi connectivity index (χ2n) is 2.87. The monoisotopic (exact) mass is 149 g/mol. The minimum Gasteiger partial charge on any atom is -0.489 e. The van der Waals surface area contributed by atoms with Crippen LogP contribution < -0.4 is 10.5 Å². The lowest BCUT2D eigenvalue weighted by Crippen LogP contribution is -2.10. The number of hydrogen-bond acceptors (Lipinski definition) is 2. The summed E-state index contributed by atoms with van der Waals surface area (Å²) < 4.78 is 5.51. The highest BCUT2D eigenvalue weighted by molar-refractivity contribution is 5.22. The molecule has 2 atom stereocenters. The molecule has 2 heteroatoms. The SMILES string of the molecule is N[C@@H]1C[C@@H]1Oc1ccccc1. The minimum atomic E-state index is 0.259. The van der Waals surface area contributed by atoms with Crippen molar-refractivity contribution >= 4 is 0 Å². The maximum absolute atomic E-state index is 5.59. The first kappa shape index (κ1) is 6.68. The molecule has 11 heavy (non-hydrogen) atoms. The lowest BCUT2D eigenvalue weighted by molar-refractivity contribution is 0.296. The van der Waals surface area contributed by atoms with E-state index in [4.69, 9.17) is 10.5 Å². The van der Waals surface area contributed by atoms with E-state index in [9.17, 15) is 0 Å². The summed E-state index contributed by atoms with van der Waals surface area (Å²) in [7, 11) is 0. The van der Waals surface area contributed by atoms with E-state index in [0.717, 1.165) is 12.2 Å². The largest absolute Gasteiger partial charge is 0.489 e. The molecule has 0 amide bonds. The van der Waals surface area contributed by atoms with Crippen LogP contribution in [0, 0.1) is 0 Å².